The van der Waals surface area contributed by atoms with Crippen LogP contribution in [0.3, 0.4) is 0 Å². The Kier molecular flexibility index (Phi) is 3.41. The van der Waals surface area contributed by atoms with Crippen LogP contribution in [-0.4, -0.2) is 0 Å². The van der Waals surface area contributed by atoms with Crippen LogP contribution < -0.4 is 0 Å². The Labute approximate surface area is 103 Å². The molecule has 0 saturated heterocycles. The average Bonchev–Trinajstić information content (AvgIpc) is 2.30. The van der Waals surface area contributed by atoms with Crippen molar-refractivity contribution >= 4 is 22.6 Å². The molecule has 0 spiro atoms. The topological polar surface area (TPSA) is 0 Å². The molecule has 0 heterocycles. The summed E-state index contributed by atoms with van der Waals surface area (Å²) in [6.45, 7) is 0. The summed E-state index contributed by atoms with van der Waals surface area (Å²) in [5.74, 6) is 6.26. The summed E-state index contributed by atoms with van der Waals surface area (Å²) < 4.78 is 1.23. The first-order valence-corrected chi connectivity index (χ1v) is 5.75. The van der Waals surface area contributed by atoms with E-state index in [1.165, 1.54) is 3.57 Å². The fourth-order valence-electron chi connectivity index (χ4n) is 1.20. The van der Waals surface area contributed by atoms with E-state index in [2.05, 4.69) is 46.6 Å². The zero-order valence-electron chi connectivity index (χ0n) is 8.07. The molecule has 0 radical (unpaired) electrons. The molecule has 0 aliphatic carbocycles. The molecule has 15 heavy (non-hydrogen) atoms. The quantitative estimate of drug-likeness (QED) is 0.514. The highest BCUT2D eigenvalue weighted by Crippen LogP contribution is 2.05. The Hall–Kier alpha value is -1.27. The van der Waals surface area contributed by atoms with E-state index in [0.29, 0.717) is 0 Å². The highest BCUT2D eigenvalue weighted by Gasteiger charge is 1.87. The molecule has 0 atom stereocenters. The van der Waals surface area contributed by atoms with Crippen LogP contribution in [0.15, 0.2) is 54.6 Å². The lowest BCUT2D eigenvalue weighted by Crippen LogP contribution is -1.76. The highest BCUT2D eigenvalue weighted by atomic mass is 127. The van der Waals surface area contributed by atoms with Gasteiger partial charge in [0.25, 0.3) is 0 Å². The largest absolute Gasteiger partial charge is 0.0622 e. The first kappa shape index (κ1) is 10.3. The van der Waals surface area contributed by atoms with Crippen molar-refractivity contribution in [1.29, 1.82) is 0 Å². The summed E-state index contributed by atoms with van der Waals surface area (Å²) in [6, 6.07) is 18.2. The molecule has 0 aliphatic rings. The smallest absolute Gasteiger partial charge is 0.0249 e. The van der Waals surface area contributed by atoms with Gasteiger partial charge in [-0.2, -0.15) is 0 Å². The zero-order chi connectivity index (χ0) is 10.5. The second-order valence-corrected chi connectivity index (χ2v) is 4.37. The summed E-state index contributed by atoms with van der Waals surface area (Å²) >= 11 is 2.29. The maximum atomic E-state index is 3.13. The first-order chi connectivity index (χ1) is 7.34. The van der Waals surface area contributed by atoms with E-state index in [0.717, 1.165) is 11.1 Å². The zero-order valence-corrected chi connectivity index (χ0v) is 10.2. The molecule has 72 valence electrons. The maximum Gasteiger partial charge on any atom is 0.0249 e. The van der Waals surface area contributed by atoms with Crippen molar-refractivity contribution in [2.75, 3.05) is 0 Å². The van der Waals surface area contributed by atoms with E-state index in [4.69, 9.17) is 0 Å². The van der Waals surface area contributed by atoms with E-state index in [9.17, 15) is 0 Å². The minimum absolute atomic E-state index is 1.05. The molecule has 0 fully saturated rings. The molecule has 2 aromatic rings. The standard InChI is InChI=1S/C14H9I/c15-14-10-8-13(9-11-14)7-6-12-4-2-1-3-5-12/h1-5,8-11H. The van der Waals surface area contributed by atoms with Gasteiger partial charge >= 0.3 is 0 Å². The van der Waals surface area contributed by atoms with Crippen molar-refractivity contribution in [3.8, 4) is 11.8 Å². The number of benzene rings is 2. The predicted octanol–water partition coefficient (Wildman–Crippen LogP) is 3.69. The molecule has 0 aromatic heterocycles. The lowest BCUT2D eigenvalue weighted by molar-refractivity contribution is 1.59. The van der Waals surface area contributed by atoms with E-state index in [1.807, 2.05) is 42.5 Å². The van der Waals surface area contributed by atoms with Crippen LogP contribution >= 0.6 is 22.6 Å². The monoisotopic (exact) mass is 304 g/mol. The normalized spacial score (nSPS) is 9.13. The van der Waals surface area contributed by atoms with Gasteiger partial charge in [0, 0.05) is 14.7 Å². The van der Waals surface area contributed by atoms with Crippen LogP contribution in [0.4, 0.5) is 0 Å². The third kappa shape index (κ3) is 3.10. The van der Waals surface area contributed by atoms with Crippen molar-refractivity contribution in [3.63, 3.8) is 0 Å². The fraction of sp³-hybridized carbons (Fsp3) is 0. The first-order valence-electron chi connectivity index (χ1n) is 4.67. The van der Waals surface area contributed by atoms with Crippen molar-refractivity contribution in [2.45, 2.75) is 0 Å². The number of halogens is 1. The van der Waals surface area contributed by atoms with Crippen molar-refractivity contribution in [2.24, 2.45) is 0 Å². The van der Waals surface area contributed by atoms with E-state index in [-0.39, 0.29) is 0 Å². The molecule has 0 amide bonds. The number of hydrogen-bond acceptors (Lipinski definition) is 0. The van der Waals surface area contributed by atoms with Gasteiger partial charge in [0.2, 0.25) is 0 Å². The van der Waals surface area contributed by atoms with Crippen LogP contribution in [0.25, 0.3) is 0 Å². The molecule has 2 rings (SSSR count). The second kappa shape index (κ2) is 4.99. The molecule has 0 saturated carbocycles. The molecular weight excluding hydrogens is 295 g/mol. The Balaban J connectivity index is 2.22. The minimum Gasteiger partial charge on any atom is -0.0622 e. The third-order valence-corrected chi connectivity index (χ3v) is 2.69. The van der Waals surface area contributed by atoms with E-state index < -0.39 is 0 Å². The molecule has 1 heteroatoms. The SMILES string of the molecule is Ic1ccc(C#Cc2ccccc2)cc1. The van der Waals surface area contributed by atoms with Crippen LogP contribution in [-0.2, 0) is 0 Å². The Morgan fingerprint density at radius 3 is 1.80 bits per heavy atom. The summed E-state index contributed by atoms with van der Waals surface area (Å²) in [7, 11) is 0. The number of hydrogen-bond donors (Lipinski definition) is 0. The van der Waals surface area contributed by atoms with Gasteiger partial charge in [0.1, 0.15) is 0 Å². The van der Waals surface area contributed by atoms with E-state index in [1.54, 1.807) is 0 Å². The van der Waals surface area contributed by atoms with Crippen molar-refractivity contribution < 1.29 is 0 Å². The second-order valence-electron chi connectivity index (χ2n) is 3.12. The fourth-order valence-corrected chi connectivity index (χ4v) is 1.56. The van der Waals surface area contributed by atoms with Crippen LogP contribution in [0.5, 0.6) is 0 Å². The van der Waals surface area contributed by atoms with Crippen LogP contribution in [0.2, 0.25) is 0 Å². The van der Waals surface area contributed by atoms with Gasteiger partial charge in [-0.3, -0.25) is 0 Å². The molecule has 0 unspecified atom stereocenters. The molecule has 0 aliphatic heterocycles. The predicted molar refractivity (Wildman–Crippen MR) is 71.6 cm³/mol. The summed E-state index contributed by atoms with van der Waals surface area (Å²) in [5, 5.41) is 0. The third-order valence-electron chi connectivity index (χ3n) is 1.97. The molecule has 0 nitrogen and oxygen atoms in total. The molecule has 0 bridgehead atoms. The highest BCUT2D eigenvalue weighted by molar-refractivity contribution is 14.1. The Morgan fingerprint density at radius 1 is 0.667 bits per heavy atom. The summed E-state index contributed by atoms with van der Waals surface area (Å²) in [6.07, 6.45) is 0. The van der Waals surface area contributed by atoms with Crippen molar-refractivity contribution in [3.05, 3.63) is 69.3 Å². The lowest BCUT2D eigenvalue weighted by atomic mass is 10.2. The van der Waals surface area contributed by atoms with Gasteiger partial charge in [-0.15, -0.1) is 0 Å². The van der Waals surface area contributed by atoms with E-state index >= 15 is 0 Å². The van der Waals surface area contributed by atoms with Gasteiger partial charge in [-0.1, -0.05) is 30.0 Å². The lowest BCUT2D eigenvalue weighted by Gasteiger charge is -1.90. The van der Waals surface area contributed by atoms with Gasteiger partial charge in [-0.05, 0) is 59.0 Å². The van der Waals surface area contributed by atoms with Gasteiger partial charge in [0.15, 0.2) is 0 Å². The van der Waals surface area contributed by atoms with Crippen LogP contribution in [0.1, 0.15) is 11.1 Å². The molecule has 2 aromatic carbocycles. The maximum absolute atomic E-state index is 3.13. The molecular formula is C14H9I. The average molecular weight is 304 g/mol. The van der Waals surface area contributed by atoms with Gasteiger partial charge in [-0.25, -0.2) is 0 Å². The minimum atomic E-state index is 1.05. The van der Waals surface area contributed by atoms with Gasteiger partial charge < -0.3 is 0 Å². The van der Waals surface area contributed by atoms with Crippen LogP contribution in [0, 0.1) is 15.4 Å². The number of rotatable bonds is 0. The Morgan fingerprint density at radius 2 is 1.20 bits per heavy atom. The Bertz CT molecular complexity index is 486. The van der Waals surface area contributed by atoms with Gasteiger partial charge in [0.05, 0.1) is 0 Å². The summed E-state index contributed by atoms with van der Waals surface area (Å²) in [4.78, 5) is 0. The molecule has 0 N–H and O–H groups in total. The van der Waals surface area contributed by atoms with Crippen molar-refractivity contribution in [1.82, 2.24) is 0 Å². The summed E-state index contributed by atoms with van der Waals surface area (Å²) in [5.41, 5.74) is 2.11.